The second kappa shape index (κ2) is 7.85. The van der Waals surface area contributed by atoms with Crippen LogP contribution < -0.4 is 14.8 Å². The molecule has 0 aromatic heterocycles. The fraction of sp³-hybridized carbons (Fsp3) is 0.529. The molecule has 1 aliphatic carbocycles. The van der Waals surface area contributed by atoms with Gasteiger partial charge < -0.3 is 19.5 Å². The monoisotopic (exact) mass is 321 g/mol. The van der Waals surface area contributed by atoms with Crippen LogP contribution in [0.4, 0.5) is 0 Å². The van der Waals surface area contributed by atoms with Crippen LogP contribution in [0, 0.1) is 0 Å². The number of hydrogen-bond acceptors (Lipinski definition) is 5. The summed E-state index contributed by atoms with van der Waals surface area (Å²) in [6.07, 6.45) is 3.35. The molecule has 1 fully saturated rings. The van der Waals surface area contributed by atoms with Gasteiger partial charge in [-0.3, -0.25) is 4.79 Å². The lowest BCUT2D eigenvalue weighted by molar-refractivity contribution is -0.129. The van der Waals surface area contributed by atoms with Crippen molar-refractivity contribution >= 4 is 11.9 Å². The molecule has 23 heavy (non-hydrogen) atoms. The largest absolute Gasteiger partial charge is 0.497 e. The predicted octanol–water partition coefficient (Wildman–Crippen LogP) is 2.31. The van der Waals surface area contributed by atoms with E-state index in [1.54, 1.807) is 19.1 Å². The van der Waals surface area contributed by atoms with E-state index in [2.05, 4.69) is 5.32 Å². The Morgan fingerprint density at radius 1 is 1.17 bits per heavy atom. The Morgan fingerprint density at radius 3 is 2.48 bits per heavy atom. The van der Waals surface area contributed by atoms with E-state index in [0.29, 0.717) is 11.5 Å². The molecule has 6 heteroatoms. The van der Waals surface area contributed by atoms with E-state index in [-0.39, 0.29) is 17.5 Å². The molecular weight excluding hydrogens is 298 g/mol. The molecule has 0 aliphatic heterocycles. The molecule has 0 spiro atoms. The van der Waals surface area contributed by atoms with E-state index in [9.17, 15) is 9.59 Å². The minimum Gasteiger partial charge on any atom is -0.497 e. The van der Waals surface area contributed by atoms with Crippen molar-refractivity contribution in [3.63, 3.8) is 0 Å². The first-order valence-corrected chi connectivity index (χ1v) is 7.78. The van der Waals surface area contributed by atoms with E-state index < -0.39 is 12.1 Å². The quantitative estimate of drug-likeness (QED) is 0.814. The molecular formula is C17H23NO5. The van der Waals surface area contributed by atoms with E-state index >= 15 is 0 Å². The Kier molecular flexibility index (Phi) is 5.84. The van der Waals surface area contributed by atoms with Crippen LogP contribution in [-0.4, -0.2) is 38.2 Å². The van der Waals surface area contributed by atoms with Gasteiger partial charge in [-0.2, -0.15) is 0 Å². The Balaban J connectivity index is 2.01. The Bertz CT molecular complexity index is 566. The van der Waals surface area contributed by atoms with E-state index in [0.717, 1.165) is 25.7 Å². The van der Waals surface area contributed by atoms with Gasteiger partial charge in [0.05, 0.1) is 14.2 Å². The number of carbonyl (C=O) groups is 2. The zero-order valence-electron chi connectivity index (χ0n) is 13.8. The fourth-order valence-electron chi connectivity index (χ4n) is 2.64. The number of nitrogens with one attached hydrogen (secondary N) is 1. The van der Waals surface area contributed by atoms with Crippen LogP contribution in [0.2, 0.25) is 0 Å². The van der Waals surface area contributed by atoms with Crippen molar-refractivity contribution < 1.29 is 23.8 Å². The van der Waals surface area contributed by atoms with Crippen LogP contribution in [0.1, 0.15) is 43.0 Å². The van der Waals surface area contributed by atoms with Crippen molar-refractivity contribution in [2.24, 2.45) is 0 Å². The summed E-state index contributed by atoms with van der Waals surface area (Å²) in [5, 5.41) is 2.91. The average Bonchev–Trinajstić information content (AvgIpc) is 3.06. The number of ether oxygens (including phenoxy) is 3. The van der Waals surface area contributed by atoms with Crippen LogP contribution in [-0.2, 0) is 9.53 Å². The molecule has 2 rings (SSSR count). The number of amides is 1. The smallest absolute Gasteiger partial charge is 0.342 e. The van der Waals surface area contributed by atoms with Crippen molar-refractivity contribution in [1.82, 2.24) is 5.32 Å². The number of esters is 1. The third-order valence-electron chi connectivity index (χ3n) is 3.98. The molecule has 0 radical (unpaired) electrons. The first-order chi connectivity index (χ1) is 11.0. The normalized spacial score (nSPS) is 15.8. The molecule has 6 nitrogen and oxygen atoms in total. The summed E-state index contributed by atoms with van der Waals surface area (Å²) < 4.78 is 15.5. The average molecular weight is 321 g/mol. The summed E-state index contributed by atoms with van der Waals surface area (Å²) in [5.41, 5.74) is 0.229. The van der Waals surface area contributed by atoms with Gasteiger partial charge in [-0.05, 0) is 38.0 Å². The van der Waals surface area contributed by atoms with Gasteiger partial charge in [0.25, 0.3) is 5.91 Å². The maximum absolute atomic E-state index is 12.3. The maximum atomic E-state index is 12.3. The van der Waals surface area contributed by atoms with Gasteiger partial charge in [-0.15, -0.1) is 0 Å². The zero-order chi connectivity index (χ0) is 16.8. The summed E-state index contributed by atoms with van der Waals surface area (Å²) >= 11 is 0. The minimum absolute atomic E-state index is 0.190. The lowest BCUT2D eigenvalue weighted by Gasteiger charge is -2.18. The fourth-order valence-corrected chi connectivity index (χ4v) is 2.64. The summed E-state index contributed by atoms with van der Waals surface area (Å²) in [5.74, 6) is 0.00180. The first-order valence-electron chi connectivity index (χ1n) is 7.78. The Labute approximate surface area is 136 Å². The van der Waals surface area contributed by atoms with Crippen molar-refractivity contribution in [1.29, 1.82) is 0 Å². The zero-order valence-corrected chi connectivity index (χ0v) is 13.8. The lowest BCUT2D eigenvalue weighted by Crippen LogP contribution is -2.40. The number of methoxy groups -OCH3 is 2. The molecule has 1 aromatic carbocycles. The topological polar surface area (TPSA) is 73.9 Å². The molecule has 1 N–H and O–H groups in total. The highest BCUT2D eigenvalue weighted by Crippen LogP contribution is 2.25. The molecule has 1 amide bonds. The molecule has 0 saturated heterocycles. The van der Waals surface area contributed by atoms with Gasteiger partial charge in [0.1, 0.15) is 17.1 Å². The molecule has 1 unspecified atom stereocenters. The molecule has 1 aliphatic rings. The third-order valence-corrected chi connectivity index (χ3v) is 3.98. The number of benzene rings is 1. The highest BCUT2D eigenvalue weighted by atomic mass is 16.5. The SMILES string of the molecule is COc1ccc(OC)c(C(=O)OC(C)C(=O)NC2CCCC2)c1. The standard InChI is InChI=1S/C17H23NO5/c1-11(16(19)18-12-6-4-5-7-12)23-17(20)14-10-13(21-2)8-9-15(14)22-3/h8-12H,4-7H2,1-3H3,(H,18,19). The number of rotatable bonds is 6. The molecule has 0 bridgehead atoms. The van der Waals surface area contributed by atoms with Gasteiger partial charge in [-0.25, -0.2) is 4.79 Å². The summed E-state index contributed by atoms with van der Waals surface area (Å²) in [7, 11) is 2.98. The molecule has 126 valence electrons. The van der Waals surface area contributed by atoms with E-state index in [1.807, 2.05) is 0 Å². The summed E-state index contributed by atoms with van der Waals surface area (Å²) in [6.45, 7) is 1.56. The minimum atomic E-state index is -0.862. The van der Waals surface area contributed by atoms with Gasteiger partial charge in [0, 0.05) is 6.04 Å². The second-order valence-electron chi connectivity index (χ2n) is 5.60. The van der Waals surface area contributed by atoms with Crippen LogP contribution in [0.3, 0.4) is 0 Å². The van der Waals surface area contributed by atoms with Crippen molar-refractivity contribution in [2.45, 2.75) is 44.8 Å². The van der Waals surface area contributed by atoms with Crippen LogP contribution in [0.5, 0.6) is 11.5 Å². The highest BCUT2D eigenvalue weighted by Gasteiger charge is 2.25. The summed E-state index contributed by atoms with van der Waals surface area (Å²) in [6, 6.07) is 5.03. The summed E-state index contributed by atoms with van der Waals surface area (Å²) in [4.78, 5) is 24.4. The van der Waals surface area contributed by atoms with Gasteiger partial charge in [-0.1, -0.05) is 12.8 Å². The highest BCUT2D eigenvalue weighted by molar-refractivity contribution is 5.95. The number of hydrogen-bond donors (Lipinski definition) is 1. The van der Waals surface area contributed by atoms with E-state index in [4.69, 9.17) is 14.2 Å². The molecule has 1 saturated carbocycles. The van der Waals surface area contributed by atoms with Crippen molar-refractivity contribution in [2.75, 3.05) is 14.2 Å². The second-order valence-corrected chi connectivity index (χ2v) is 5.60. The van der Waals surface area contributed by atoms with Crippen molar-refractivity contribution in [3.8, 4) is 11.5 Å². The molecule has 1 atom stereocenters. The van der Waals surface area contributed by atoms with Gasteiger partial charge >= 0.3 is 5.97 Å². The van der Waals surface area contributed by atoms with Crippen molar-refractivity contribution in [3.05, 3.63) is 23.8 Å². The van der Waals surface area contributed by atoms with Crippen LogP contribution in [0.15, 0.2) is 18.2 Å². The first kappa shape index (κ1) is 17.1. The van der Waals surface area contributed by atoms with Crippen LogP contribution in [0.25, 0.3) is 0 Å². The van der Waals surface area contributed by atoms with Gasteiger partial charge in [0.15, 0.2) is 6.10 Å². The maximum Gasteiger partial charge on any atom is 0.342 e. The van der Waals surface area contributed by atoms with E-state index in [1.165, 1.54) is 20.3 Å². The predicted molar refractivity (Wildman–Crippen MR) is 84.8 cm³/mol. The molecule has 0 heterocycles. The Hall–Kier alpha value is -2.24. The van der Waals surface area contributed by atoms with Gasteiger partial charge in [0.2, 0.25) is 0 Å². The number of carbonyl (C=O) groups excluding carboxylic acids is 2. The lowest BCUT2D eigenvalue weighted by atomic mass is 10.2. The Morgan fingerprint density at radius 2 is 1.87 bits per heavy atom. The molecule has 1 aromatic rings. The third kappa shape index (κ3) is 4.37. The van der Waals surface area contributed by atoms with Crippen LogP contribution >= 0.6 is 0 Å².